The van der Waals surface area contributed by atoms with Gasteiger partial charge in [0.05, 0.1) is 0 Å². The Bertz CT molecular complexity index is 746. The van der Waals surface area contributed by atoms with Crippen LogP contribution in [0.1, 0.15) is 30.9 Å². The monoisotopic (exact) mass is 368 g/mol. The third kappa shape index (κ3) is 6.44. The molecule has 2 aromatic rings. The van der Waals surface area contributed by atoms with Crippen molar-refractivity contribution >= 4 is 11.8 Å². The Balaban J connectivity index is 2.09. The Hall–Kier alpha value is -2.82. The van der Waals surface area contributed by atoms with Crippen molar-refractivity contribution in [3.8, 4) is 5.75 Å². The molecule has 2 N–H and O–H groups in total. The van der Waals surface area contributed by atoms with Crippen molar-refractivity contribution in [1.82, 2.24) is 4.90 Å². The lowest BCUT2D eigenvalue weighted by molar-refractivity contribution is -0.139. The van der Waals surface area contributed by atoms with Crippen LogP contribution in [-0.2, 0) is 16.0 Å². The van der Waals surface area contributed by atoms with Crippen LogP contribution in [0.3, 0.4) is 0 Å². The molecule has 5 heteroatoms. The lowest BCUT2D eigenvalue weighted by Crippen LogP contribution is -2.44. The van der Waals surface area contributed by atoms with E-state index < -0.39 is 12.0 Å². The van der Waals surface area contributed by atoms with Crippen LogP contribution in [0.4, 0.5) is 0 Å². The van der Waals surface area contributed by atoms with Crippen molar-refractivity contribution in [2.45, 2.75) is 39.2 Å². The van der Waals surface area contributed by atoms with Gasteiger partial charge in [-0.3, -0.25) is 9.59 Å². The van der Waals surface area contributed by atoms with Crippen molar-refractivity contribution in [1.29, 1.82) is 0 Å². The molecule has 0 fully saturated rings. The van der Waals surface area contributed by atoms with Crippen LogP contribution in [0, 0.1) is 6.92 Å². The lowest BCUT2D eigenvalue weighted by atomic mass is 10.1. The first-order chi connectivity index (χ1) is 13.0. The zero-order valence-corrected chi connectivity index (χ0v) is 16.1. The van der Waals surface area contributed by atoms with Gasteiger partial charge in [0, 0.05) is 19.5 Å². The van der Waals surface area contributed by atoms with Crippen LogP contribution in [0.15, 0.2) is 54.6 Å². The van der Waals surface area contributed by atoms with Gasteiger partial charge in [-0.25, -0.2) is 0 Å². The SMILES string of the molecule is CCC(Oc1ccccc1C)C(=O)N(CCC(N)=O)CCc1ccccc1. The van der Waals surface area contributed by atoms with Crippen LogP contribution >= 0.6 is 0 Å². The maximum Gasteiger partial charge on any atom is 0.263 e. The van der Waals surface area contributed by atoms with Crippen LogP contribution in [0.25, 0.3) is 0 Å². The van der Waals surface area contributed by atoms with Gasteiger partial charge in [0.1, 0.15) is 5.75 Å². The van der Waals surface area contributed by atoms with Gasteiger partial charge in [0.25, 0.3) is 5.91 Å². The molecule has 2 amide bonds. The highest BCUT2D eigenvalue weighted by atomic mass is 16.5. The molecule has 5 nitrogen and oxygen atoms in total. The number of hydrogen-bond acceptors (Lipinski definition) is 3. The highest BCUT2D eigenvalue weighted by Crippen LogP contribution is 2.20. The molecular weight excluding hydrogens is 340 g/mol. The molecule has 0 saturated carbocycles. The van der Waals surface area contributed by atoms with Crippen LogP contribution < -0.4 is 10.5 Å². The fourth-order valence-electron chi connectivity index (χ4n) is 2.84. The van der Waals surface area contributed by atoms with Gasteiger partial charge >= 0.3 is 0 Å². The number of hydrogen-bond donors (Lipinski definition) is 1. The maximum absolute atomic E-state index is 13.1. The smallest absolute Gasteiger partial charge is 0.263 e. The Morgan fingerprint density at radius 1 is 1.04 bits per heavy atom. The summed E-state index contributed by atoms with van der Waals surface area (Å²) in [5.74, 6) is 0.175. The van der Waals surface area contributed by atoms with Crippen LogP contribution in [0.5, 0.6) is 5.75 Å². The molecule has 2 rings (SSSR count). The fourth-order valence-corrected chi connectivity index (χ4v) is 2.84. The highest BCUT2D eigenvalue weighted by molar-refractivity contribution is 5.82. The van der Waals surface area contributed by atoms with Gasteiger partial charge in [-0.1, -0.05) is 55.5 Å². The first-order valence-corrected chi connectivity index (χ1v) is 9.34. The van der Waals surface area contributed by atoms with Gasteiger partial charge in [-0.2, -0.15) is 0 Å². The number of nitrogens with zero attached hydrogens (tertiary/aromatic N) is 1. The van der Waals surface area contributed by atoms with Crippen molar-refractivity contribution in [3.05, 3.63) is 65.7 Å². The van der Waals surface area contributed by atoms with E-state index in [1.54, 1.807) is 4.90 Å². The molecule has 2 aromatic carbocycles. The van der Waals surface area contributed by atoms with E-state index in [4.69, 9.17) is 10.5 Å². The Morgan fingerprint density at radius 2 is 1.70 bits per heavy atom. The van der Waals surface area contributed by atoms with Crippen molar-refractivity contribution in [3.63, 3.8) is 0 Å². The number of carbonyl (C=O) groups is 2. The largest absolute Gasteiger partial charge is 0.480 e. The number of para-hydroxylation sites is 1. The van der Waals surface area contributed by atoms with E-state index in [1.165, 1.54) is 0 Å². The number of carbonyl (C=O) groups excluding carboxylic acids is 2. The zero-order chi connectivity index (χ0) is 19.6. The minimum atomic E-state index is -0.588. The van der Waals surface area contributed by atoms with Crippen molar-refractivity contribution in [2.75, 3.05) is 13.1 Å². The van der Waals surface area contributed by atoms with E-state index in [-0.39, 0.29) is 12.3 Å². The summed E-state index contributed by atoms with van der Waals surface area (Å²) in [7, 11) is 0. The molecule has 0 aromatic heterocycles. The Kier molecular flexibility index (Phi) is 7.86. The van der Waals surface area contributed by atoms with Crippen molar-refractivity contribution in [2.24, 2.45) is 5.73 Å². The molecule has 144 valence electrons. The number of aryl methyl sites for hydroxylation is 1. The van der Waals surface area contributed by atoms with Gasteiger partial charge < -0.3 is 15.4 Å². The molecule has 0 radical (unpaired) electrons. The van der Waals surface area contributed by atoms with Gasteiger partial charge in [-0.15, -0.1) is 0 Å². The average Bonchev–Trinajstić information content (AvgIpc) is 2.67. The quantitative estimate of drug-likeness (QED) is 0.700. The fraction of sp³-hybridized carbons (Fsp3) is 0.364. The predicted octanol–water partition coefficient (Wildman–Crippen LogP) is 3.10. The topological polar surface area (TPSA) is 72.6 Å². The summed E-state index contributed by atoms with van der Waals surface area (Å²) in [6.07, 6.45) is 0.814. The Morgan fingerprint density at radius 3 is 2.33 bits per heavy atom. The van der Waals surface area contributed by atoms with E-state index in [2.05, 4.69) is 0 Å². The molecule has 1 atom stereocenters. The number of primary amides is 1. The second kappa shape index (κ2) is 10.4. The predicted molar refractivity (Wildman–Crippen MR) is 106 cm³/mol. The number of amides is 2. The molecule has 27 heavy (non-hydrogen) atoms. The summed E-state index contributed by atoms with van der Waals surface area (Å²) in [6.45, 7) is 4.69. The van der Waals surface area contributed by atoms with Crippen LogP contribution in [0.2, 0.25) is 0 Å². The first-order valence-electron chi connectivity index (χ1n) is 9.34. The number of ether oxygens (including phenoxy) is 1. The zero-order valence-electron chi connectivity index (χ0n) is 16.1. The normalized spacial score (nSPS) is 11.6. The molecule has 0 aliphatic rings. The van der Waals surface area contributed by atoms with E-state index in [1.807, 2.05) is 68.4 Å². The summed E-state index contributed by atoms with van der Waals surface area (Å²) < 4.78 is 5.99. The minimum Gasteiger partial charge on any atom is -0.480 e. The number of nitrogens with two attached hydrogens (primary N) is 1. The van der Waals surface area contributed by atoms with E-state index in [9.17, 15) is 9.59 Å². The van der Waals surface area contributed by atoms with Crippen molar-refractivity contribution < 1.29 is 14.3 Å². The highest BCUT2D eigenvalue weighted by Gasteiger charge is 2.25. The molecule has 0 saturated heterocycles. The molecule has 0 aliphatic heterocycles. The summed E-state index contributed by atoms with van der Waals surface area (Å²) in [4.78, 5) is 26.0. The summed E-state index contributed by atoms with van der Waals surface area (Å²) in [5.41, 5.74) is 7.42. The third-order valence-electron chi connectivity index (χ3n) is 4.46. The minimum absolute atomic E-state index is 0.113. The summed E-state index contributed by atoms with van der Waals surface area (Å²) in [6, 6.07) is 17.6. The molecular formula is C22H28N2O3. The van der Waals surface area contributed by atoms with Gasteiger partial charge in [0.15, 0.2) is 6.10 Å². The molecule has 0 aliphatic carbocycles. The second-order valence-electron chi connectivity index (χ2n) is 6.56. The molecule has 0 heterocycles. The van der Waals surface area contributed by atoms with E-state index >= 15 is 0 Å². The van der Waals surface area contributed by atoms with Gasteiger partial charge in [-0.05, 0) is 37.0 Å². The maximum atomic E-state index is 13.1. The molecule has 0 bridgehead atoms. The van der Waals surface area contributed by atoms with E-state index in [0.717, 1.165) is 11.1 Å². The number of benzene rings is 2. The standard InChI is InChI=1S/C22H28N2O3/c1-3-19(27-20-12-8-7-9-17(20)2)22(26)24(16-14-21(23)25)15-13-18-10-5-4-6-11-18/h4-12,19H,3,13-16H2,1-2H3,(H2,23,25). The second-order valence-corrected chi connectivity index (χ2v) is 6.56. The Labute approximate surface area is 161 Å². The molecule has 1 unspecified atom stereocenters. The third-order valence-corrected chi connectivity index (χ3v) is 4.46. The van der Waals surface area contributed by atoms with Crippen LogP contribution in [-0.4, -0.2) is 35.9 Å². The summed E-state index contributed by atoms with van der Waals surface area (Å²) in [5, 5.41) is 0. The average molecular weight is 368 g/mol. The van der Waals surface area contributed by atoms with E-state index in [0.29, 0.717) is 31.7 Å². The van der Waals surface area contributed by atoms with Gasteiger partial charge in [0.2, 0.25) is 5.91 Å². The summed E-state index contributed by atoms with van der Waals surface area (Å²) >= 11 is 0. The lowest BCUT2D eigenvalue weighted by Gasteiger charge is -2.27. The first kappa shape index (κ1) is 20.5. The molecule has 0 spiro atoms. The number of rotatable bonds is 10.